The van der Waals surface area contributed by atoms with Crippen LogP contribution in [0.3, 0.4) is 0 Å². The van der Waals surface area contributed by atoms with Gasteiger partial charge in [0.05, 0.1) is 11.6 Å². The van der Waals surface area contributed by atoms with Crippen LogP contribution in [-0.2, 0) is 16.1 Å². The van der Waals surface area contributed by atoms with E-state index in [-0.39, 0.29) is 25.0 Å². The minimum atomic E-state index is -0.649. The van der Waals surface area contributed by atoms with Gasteiger partial charge in [0.1, 0.15) is 17.5 Å². The van der Waals surface area contributed by atoms with Crippen LogP contribution < -0.4 is 14.8 Å². The van der Waals surface area contributed by atoms with Gasteiger partial charge in [0, 0.05) is 18.1 Å². The Kier molecular flexibility index (Phi) is 10.1. The molecule has 0 saturated heterocycles. The van der Waals surface area contributed by atoms with Gasteiger partial charge in [0.2, 0.25) is 5.91 Å². The minimum absolute atomic E-state index is 0.192. The molecule has 2 aromatic rings. The van der Waals surface area contributed by atoms with E-state index < -0.39 is 6.04 Å². The average Bonchev–Trinajstić information content (AvgIpc) is 2.76. The summed E-state index contributed by atoms with van der Waals surface area (Å²) in [6, 6.07) is 11.8. The molecule has 0 aliphatic heterocycles. The first-order chi connectivity index (χ1) is 14.8. The Hall–Kier alpha value is -2.25. The van der Waals surface area contributed by atoms with Gasteiger partial charge in [-0.05, 0) is 65.2 Å². The maximum absolute atomic E-state index is 13.1. The lowest BCUT2D eigenvalue weighted by atomic mass is 10.1. The van der Waals surface area contributed by atoms with Crippen LogP contribution in [0, 0.1) is 0 Å². The van der Waals surface area contributed by atoms with Crippen molar-refractivity contribution < 1.29 is 19.1 Å². The topological polar surface area (TPSA) is 67.9 Å². The predicted octanol–water partition coefficient (Wildman–Crippen LogP) is 4.82. The summed E-state index contributed by atoms with van der Waals surface area (Å²) in [5.41, 5.74) is 0.884. The van der Waals surface area contributed by atoms with Crippen molar-refractivity contribution in [3.05, 3.63) is 57.5 Å². The number of rotatable bonds is 11. The van der Waals surface area contributed by atoms with E-state index in [0.29, 0.717) is 21.8 Å². The third kappa shape index (κ3) is 7.74. The maximum Gasteiger partial charge on any atom is 0.261 e. The molecule has 0 aromatic heterocycles. The number of carbonyl (C=O) groups is 2. The Morgan fingerprint density at radius 3 is 2.52 bits per heavy atom. The Morgan fingerprint density at radius 2 is 1.90 bits per heavy atom. The molecule has 0 radical (unpaired) electrons. The van der Waals surface area contributed by atoms with Gasteiger partial charge in [-0.3, -0.25) is 9.59 Å². The number of amides is 2. The summed E-state index contributed by atoms with van der Waals surface area (Å²) in [6.07, 6.45) is 1.87. The largest absolute Gasteiger partial charge is 0.497 e. The molecule has 168 valence electrons. The van der Waals surface area contributed by atoms with Crippen molar-refractivity contribution in [2.24, 2.45) is 0 Å². The van der Waals surface area contributed by atoms with Gasteiger partial charge in [0.25, 0.3) is 5.91 Å². The van der Waals surface area contributed by atoms with Crippen molar-refractivity contribution in [2.75, 3.05) is 20.3 Å². The summed E-state index contributed by atoms with van der Waals surface area (Å²) >= 11 is 9.34. The second kappa shape index (κ2) is 12.6. The van der Waals surface area contributed by atoms with Gasteiger partial charge in [0.15, 0.2) is 6.61 Å². The highest BCUT2D eigenvalue weighted by molar-refractivity contribution is 9.10. The molecule has 0 fully saturated rings. The highest BCUT2D eigenvalue weighted by atomic mass is 79.9. The number of ether oxygens (including phenoxy) is 2. The number of benzene rings is 2. The summed E-state index contributed by atoms with van der Waals surface area (Å²) in [7, 11) is 1.60. The van der Waals surface area contributed by atoms with E-state index in [2.05, 4.69) is 28.2 Å². The highest BCUT2D eigenvalue weighted by Crippen LogP contribution is 2.28. The molecule has 0 spiro atoms. The van der Waals surface area contributed by atoms with Gasteiger partial charge in [-0.25, -0.2) is 0 Å². The molecule has 0 aliphatic rings. The number of methoxy groups -OCH3 is 1. The monoisotopic (exact) mass is 510 g/mol. The third-order valence-electron chi connectivity index (χ3n) is 4.75. The van der Waals surface area contributed by atoms with Crippen molar-refractivity contribution in [1.29, 1.82) is 0 Å². The van der Waals surface area contributed by atoms with E-state index in [9.17, 15) is 9.59 Å². The molecule has 1 atom stereocenters. The fraction of sp³-hybridized carbons (Fsp3) is 0.391. The first-order valence-electron chi connectivity index (χ1n) is 10.1. The zero-order valence-electron chi connectivity index (χ0n) is 18.0. The predicted molar refractivity (Wildman–Crippen MR) is 126 cm³/mol. The Bertz CT molecular complexity index is 876. The lowest BCUT2D eigenvalue weighted by Gasteiger charge is -2.29. The van der Waals surface area contributed by atoms with E-state index in [1.54, 1.807) is 32.2 Å². The van der Waals surface area contributed by atoms with Crippen LogP contribution in [0.15, 0.2) is 46.9 Å². The molecule has 2 aromatic carbocycles. The van der Waals surface area contributed by atoms with E-state index in [1.807, 2.05) is 24.3 Å². The molecular weight excluding hydrogens is 484 g/mol. The summed E-state index contributed by atoms with van der Waals surface area (Å²) in [5.74, 6) is 0.740. The minimum Gasteiger partial charge on any atom is -0.497 e. The van der Waals surface area contributed by atoms with Crippen LogP contribution in [0.1, 0.15) is 32.3 Å². The fourth-order valence-corrected chi connectivity index (χ4v) is 3.66. The molecule has 8 heteroatoms. The molecular formula is C23H28BrClN2O4. The van der Waals surface area contributed by atoms with Crippen LogP contribution in [0.25, 0.3) is 0 Å². The van der Waals surface area contributed by atoms with E-state index in [1.165, 1.54) is 4.90 Å². The molecule has 2 amide bonds. The number of hydrogen-bond acceptors (Lipinski definition) is 4. The first-order valence-corrected chi connectivity index (χ1v) is 11.3. The molecule has 0 saturated carbocycles. The van der Waals surface area contributed by atoms with Crippen LogP contribution in [0.2, 0.25) is 5.02 Å². The van der Waals surface area contributed by atoms with Crippen LogP contribution in [-0.4, -0.2) is 43.0 Å². The van der Waals surface area contributed by atoms with Gasteiger partial charge >= 0.3 is 0 Å². The average molecular weight is 512 g/mol. The van der Waals surface area contributed by atoms with Gasteiger partial charge < -0.3 is 19.7 Å². The van der Waals surface area contributed by atoms with Crippen molar-refractivity contribution >= 4 is 39.3 Å². The molecule has 6 nitrogen and oxygen atoms in total. The van der Waals surface area contributed by atoms with Crippen LogP contribution >= 0.6 is 27.5 Å². The molecule has 0 unspecified atom stereocenters. The first kappa shape index (κ1) is 25.0. The van der Waals surface area contributed by atoms with Crippen LogP contribution in [0.5, 0.6) is 11.5 Å². The molecule has 0 aliphatic carbocycles. The zero-order chi connectivity index (χ0) is 22.8. The summed E-state index contributed by atoms with van der Waals surface area (Å²) in [6.45, 7) is 4.43. The summed E-state index contributed by atoms with van der Waals surface area (Å²) in [5, 5.41) is 3.46. The quantitative estimate of drug-likeness (QED) is 0.439. The van der Waals surface area contributed by atoms with Crippen molar-refractivity contribution in [3.63, 3.8) is 0 Å². The summed E-state index contributed by atoms with van der Waals surface area (Å²) in [4.78, 5) is 27.2. The van der Waals surface area contributed by atoms with E-state index >= 15 is 0 Å². The number of unbranched alkanes of at least 4 members (excludes halogenated alkanes) is 1. The lowest BCUT2D eigenvalue weighted by molar-refractivity contribution is -0.142. The van der Waals surface area contributed by atoms with Crippen molar-refractivity contribution in [1.82, 2.24) is 10.2 Å². The fourth-order valence-electron chi connectivity index (χ4n) is 2.86. The Morgan fingerprint density at radius 1 is 1.19 bits per heavy atom. The molecule has 31 heavy (non-hydrogen) atoms. The zero-order valence-corrected chi connectivity index (χ0v) is 20.3. The second-order valence-corrected chi connectivity index (χ2v) is 8.34. The number of carbonyl (C=O) groups excluding carboxylic acids is 2. The number of hydrogen-bond donors (Lipinski definition) is 1. The summed E-state index contributed by atoms with van der Waals surface area (Å²) < 4.78 is 11.5. The molecule has 1 N–H and O–H groups in total. The highest BCUT2D eigenvalue weighted by Gasteiger charge is 2.26. The lowest BCUT2D eigenvalue weighted by Crippen LogP contribution is -2.49. The van der Waals surface area contributed by atoms with Crippen LogP contribution in [0.4, 0.5) is 0 Å². The smallest absolute Gasteiger partial charge is 0.261 e. The number of nitrogens with one attached hydrogen (secondary N) is 1. The van der Waals surface area contributed by atoms with Gasteiger partial charge in [-0.1, -0.05) is 37.1 Å². The van der Waals surface area contributed by atoms with Gasteiger partial charge in [-0.15, -0.1) is 0 Å². The second-order valence-electron chi connectivity index (χ2n) is 7.05. The molecule has 0 bridgehead atoms. The molecule has 2 rings (SSSR count). The standard InChI is InChI=1S/C23H28BrClN2O4/c1-4-5-12-26-23(29)16(2)27(14-17-6-9-19(30-3)10-7-17)22(28)15-31-21-11-8-18(25)13-20(21)24/h6-11,13,16H,4-5,12,14-15H2,1-3H3,(H,26,29)/t16-/m1/s1. The number of halogens is 2. The Labute approximate surface area is 197 Å². The Balaban J connectivity index is 2.13. The maximum atomic E-state index is 13.1. The normalized spacial score (nSPS) is 11.5. The van der Waals surface area contributed by atoms with E-state index in [4.69, 9.17) is 21.1 Å². The number of nitrogens with zero attached hydrogens (tertiary/aromatic N) is 1. The molecule has 0 heterocycles. The third-order valence-corrected chi connectivity index (χ3v) is 5.61. The van der Waals surface area contributed by atoms with E-state index in [0.717, 1.165) is 24.2 Å². The SMILES string of the molecule is CCCCNC(=O)[C@@H](C)N(Cc1ccc(OC)cc1)C(=O)COc1ccc(Cl)cc1Br. The van der Waals surface area contributed by atoms with Crippen molar-refractivity contribution in [3.8, 4) is 11.5 Å². The van der Waals surface area contributed by atoms with Crippen molar-refractivity contribution in [2.45, 2.75) is 39.3 Å². The van der Waals surface area contributed by atoms with Gasteiger partial charge in [-0.2, -0.15) is 0 Å².